The zero-order valence-electron chi connectivity index (χ0n) is 12.5. The Morgan fingerprint density at radius 3 is 2.78 bits per heavy atom. The summed E-state index contributed by atoms with van der Waals surface area (Å²) >= 11 is 0. The van der Waals surface area contributed by atoms with Gasteiger partial charge >= 0.3 is 6.61 Å². The molecule has 130 valence electrons. The Labute approximate surface area is 138 Å². The van der Waals surface area contributed by atoms with Crippen LogP contribution in [-0.2, 0) is 9.53 Å². The maximum Gasteiger partial charge on any atom is 0.387 e. The van der Waals surface area contributed by atoms with Crippen LogP contribution in [0.25, 0.3) is 0 Å². The quantitative estimate of drug-likeness (QED) is 0.819. The lowest BCUT2D eigenvalue weighted by Crippen LogP contribution is -2.30. The first-order valence-corrected chi connectivity index (χ1v) is 6.82. The molecule has 0 saturated carbocycles. The molecule has 2 rings (SSSR count). The number of hydrogen-bond donors (Lipinski definition) is 2. The fourth-order valence-corrected chi connectivity index (χ4v) is 2.22. The number of amides is 1. The van der Waals surface area contributed by atoms with E-state index < -0.39 is 18.6 Å². The van der Waals surface area contributed by atoms with E-state index in [9.17, 15) is 13.6 Å². The maximum atomic E-state index is 12.4. The van der Waals surface area contributed by atoms with Crippen LogP contribution in [0, 0.1) is 0 Å². The Hall–Kier alpha value is -1.64. The predicted molar refractivity (Wildman–Crippen MR) is 82.5 cm³/mol. The van der Waals surface area contributed by atoms with Gasteiger partial charge < -0.3 is 25.3 Å². The van der Waals surface area contributed by atoms with E-state index in [0.717, 1.165) is 0 Å². The largest absolute Gasteiger partial charge is 0.497 e. The molecule has 0 radical (unpaired) electrons. The zero-order chi connectivity index (χ0) is 16.1. The van der Waals surface area contributed by atoms with E-state index in [-0.39, 0.29) is 29.9 Å². The van der Waals surface area contributed by atoms with Gasteiger partial charge in [0.1, 0.15) is 17.6 Å². The van der Waals surface area contributed by atoms with E-state index >= 15 is 0 Å². The van der Waals surface area contributed by atoms with Gasteiger partial charge in [-0.1, -0.05) is 0 Å². The summed E-state index contributed by atoms with van der Waals surface area (Å²) in [5.74, 6) is -0.162. The number of nitrogens with two attached hydrogens (primary N) is 1. The molecular formula is C14H19ClF2N2O4. The van der Waals surface area contributed by atoms with Crippen LogP contribution in [0.1, 0.15) is 12.8 Å². The van der Waals surface area contributed by atoms with Gasteiger partial charge in [0.2, 0.25) is 0 Å². The number of hydrogen-bond acceptors (Lipinski definition) is 5. The Bertz CT molecular complexity index is 533. The lowest BCUT2D eigenvalue weighted by molar-refractivity contribution is -0.126. The first-order valence-electron chi connectivity index (χ1n) is 6.82. The van der Waals surface area contributed by atoms with Crippen LogP contribution in [0.4, 0.5) is 14.5 Å². The van der Waals surface area contributed by atoms with Crippen molar-refractivity contribution in [3.8, 4) is 11.5 Å². The average molecular weight is 353 g/mol. The number of methoxy groups -OCH3 is 1. The van der Waals surface area contributed by atoms with Crippen LogP contribution in [0.3, 0.4) is 0 Å². The lowest BCUT2D eigenvalue weighted by Gasteiger charge is -2.16. The Morgan fingerprint density at radius 1 is 1.48 bits per heavy atom. The highest BCUT2D eigenvalue weighted by molar-refractivity contribution is 5.95. The Kier molecular flexibility index (Phi) is 7.47. The molecule has 0 unspecified atom stereocenters. The molecule has 0 aromatic heterocycles. The summed E-state index contributed by atoms with van der Waals surface area (Å²) in [4.78, 5) is 12.2. The van der Waals surface area contributed by atoms with Gasteiger partial charge in [0, 0.05) is 12.6 Å². The molecule has 1 saturated heterocycles. The molecule has 0 spiro atoms. The van der Waals surface area contributed by atoms with Crippen molar-refractivity contribution in [1.29, 1.82) is 0 Å². The van der Waals surface area contributed by atoms with E-state index in [1.807, 2.05) is 0 Å². The summed E-state index contributed by atoms with van der Waals surface area (Å²) in [7, 11) is 1.43. The minimum atomic E-state index is -2.99. The van der Waals surface area contributed by atoms with Gasteiger partial charge in [-0.3, -0.25) is 4.79 Å². The van der Waals surface area contributed by atoms with Crippen LogP contribution in [0.2, 0.25) is 0 Å². The van der Waals surface area contributed by atoms with Gasteiger partial charge in [0.25, 0.3) is 5.91 Å². The van der Waals surface area contributed by atoms with Crippen molar-refractivity contribution >= 4 is 24.0 Å². The molecule has 0 bridgehead atoms. The van der Waals surface area contributed by atoms with Gasteiger partial charge in [-0.2, -0.15) is 8.78 Å². The van der Waals surface area contributed by atoms with Crippen LogP contribution in [0.15, 0.2) is 18.2 Å². The first-order chi connectivity index (χ1) is 10.5. The molecule has 3 N–H and O–H groups in total. The number of carbonyl (C=O) groups excluding carboxylic acids is 1. The number of benzene rings is 1. The average Bonchev–Trinajstić information content (AvgIpc) is 2.97. The number of carbonyl (C=O) groups is 1. The molecule has 9 heteroatoms. The van der Waals surface area contributed by atoms with Crippen molar-refractivity contribution in [2.45, 2.75) is 31.7 Å². The summed E-state index contributed by atoms with van der Waals surface area (Å²) in [6, 6.07) is 4.17. The smallest absolute Gasteiger partial charge is 0.387 e. The summed E-state index contributed by atoms with van der Waals surface area (Å²) in [5.41, 5.74) is 5.59. The Balaban J connectivity index is 0.00000264. The van der Waals surface area contributed by atoms with Crippen molar-refractivity contribution in [1.82, 2.24) is 0 Å². The highest BCUT2D eigenvalue weighted by atomic mass is 35.5. The van der Waals surface area contributed by atoms with Crippen molar-refractivity contribution in [2.24, 2.45) is 5.73 Å². The number of rotatable bonds is 6. The molecule has 6 nitrogen and oxygen atoms in total. The summed E-state index contributed by atoms with van der Waals surface area (Å²) in [6.07, 6.45) is 0.410. The van der Waals surface area contributed by atoms with E-state index in [2.05, 4.69) is 10.1 Å². The number of halogens is 3. The first kappa shape index (κ1) is 19.4. The summed E-state index contributed by atoms with van der Waals surface area (Å²) < 4.78 is 39.7. The minimum absolute atomic E-state index is 0. The molecule has 1 fully saturated rings. The fourth-order valence-electron chi connectivity index (χ4n) is 2.22. The second-order valence-electron chi connectivity index (χ2n) is 4.79. The van der Waals surface area contributed by atoms with Crippen LogP contribution in [0.5, 0.6) is 11.5 Å². The van der Waals surface area contributed by atoms with Gasteiger partial charge in [0.15, 0.2) is 0 Å². The van der Waals surface area contributed by atoms with Crippen molar-refractivity contribution in [3.05, 3.63) is 18.2 Å². The van der Waals surface area contributed by atoms with E-state index in [1.165, 1.54) is 25.3 Å². The third kappa shape index (κ3) is 5.19. The summed E-state index contributed by atoms with van der Waals surface area (Å²) in [5, 5.41) is 2.53. The molecular weight excluding hydrogens is 334 g/mol. The van der Waals surface area contributed by atoms with E-state index in [1.54, 1.807) is 0 Å². The lowest BCUT2D eigenvalue weighted by atomic mass is 10.2. The van der Waals surface area contributed by atoms with Crippen molar-refractivity contribution < 1.29 is 27.8 Å². The molecule has 1 aromatic carbocycles. The third-order valence-electron chi connectivity index (χ3n) is 3.32. The predicted octanol–water partition coefficient (Wildman–Crippen LogP) is 2.16. The van der Waals surface area contributed by atoms with E-state index in [4.69, 9.17) is 15.2 Å². The highest BCUT2D eigenvalue weighted by Crippen LogP contribution is 2.31. The van der Waals surface area contributed by atoms with Gasteiger partial charge in [-0.05, 0) is 25.0 Å². The van der Waals surface area contributed by atoms with Crippen LogP contribution in [-0.4, -0.2) is 38.4 Å². The molecule has 1 aromatic rings. The molecule has 2 atom stereocenters. The number of ether oxygens (including phenoxy) is 3. The van der Waals surface area contributed by atoms with Crippen LogP contribution < -0.4 is 20.5 Å². The molecule has 1 aliphatic heterocycles. The monoisotopic (exact) mass is 352 g/mol. The second kappa shape index (κ2) is 8.85. The fraction of sp³-hybridized carbons (Fsp3) is 0.500. The van der Waals surface area contributed by atoms with E-state index in [0.29, 0.717) is 25.1 Å². The van der Waals surface area contributed by atoms with Gasteiger partial charge in [-0.15, -0.1) is 12.4 Å². The second-order valence-corrected chi connectivity index (χ2v) is 4.79. The molecule has 1 amide bonds. The maximum absolute atomic E-state index is 12.4. The molecule has 0 aliphatic carbocycles. The van der Waals surface area contributed by atoms with Gasteiger partial charge in [-0.25, -0.2) is 0 Å². The SMILES string of the molecule is COc1ccc(OC(F)F)c(NC(=O)[C@@H]2CC[C@H](CN)O2)c1.Cl. The van der Waals surface area contributed by atoms with Crippen molar-refractivity contribution in [2.75, 3.05) is 19.0 Å². The van der Waals surface area contributed by atoms with Gasteiger partial charge in [0.05, 0.1) is 18.9 Å². The number of anilines is 1. The summed E-state index contributed by atoms with van der Waals surface area (Å²) in [6.45, 7) is -2.66. The number of alkyl halides is 2. The van der Waals surface area contributed by atoms with Crippen molar-refractivity contribution in [3.63, 3.8) is 0 Å². The normalized spacial score (nSPS) is 20.0. The minimum Gasteiger partial charge on any atom is -0.497 e. The molecule has 1 aliphatic rings. The Morgan fingerprint density at radius 2 is 2.22 bits per heavy atom. The zero-order valence-corrected chi connectivity index (χ0v) is 13.3. The van der Waals surface area contributed by atoms with Crippen LogP contribution >= 0.6 is 12.4 Å². The topological polar surface area (TPSA) is 82.8 Å². The molecule has 23 heavy (non-hydrogen) atoms. The highest BCUT2D eigenvalue weighted by Gasteiger charge is 2.30. The standard InChI is InChI=1S/C14H18F2N2O4.ClH/c1-20-8-2-4-11(22-14(15)16)10(6-8)18-13(19)12-5-3-9(7-17)21-12;/h2,4,6,9,12,14H,3,5,7,17H2,1H3,(H,18,19);1H/t9-,12+;/m1./s1. The number of nitrogens with one attached hydrogen (secondary N) is 1. The molecule has 1 heterocycles. The third-order valence-corrected chi connectivity index (χ3v) is 3.32.